The van der Waals surface area contributed by atoms with Crippen LogP contribution in [0.3, 0.4) is 0 Å². The van der Waals surface area contributed by atoms with Crippen LogP contribution >= 0.6 is 0 Å². The summed E-state index contributed by atoms with van der Waals surface area (Å²) in [5.74, 6) is -2.71. The lowest BCUT2D eigenvalue weighted by Crippen LogP contribution is -2.27. The standard InChI is InChI=1S/C12H13FO5S/c1-19(17,18)10-9(12(10,6-14)11(15)16)7-2-4-8(13)5-3-7/h2-5,9-10,14H,6H2,1H3,(H,15,16)/t9-,10-,12+/m1/s1. The van der Waals surface area contributed by atoms with Crippen molar-refractivity contribution in [3.8, 4) is 0 Å². The SMILES string of the molecule is CS(=O)(=O)[C@@H]1[C@@H](c2ccc(F)cc2)[C@]1(CO)C(=O)O. The third-order valence-corrected chi connectivity index (χ3v) is 5.22. The predicted molar refractivity (Wildman–Crippen MR) is 64.9 cm³/mol. The lowest BCUT2D eigenvalue weighted by atomic mass is 10.0. The summed E-state index contributed by atoms with van der Waals surface area (Å²) in [5, 5.41) is 17.4. The van der Waals surface area contributed by atoms with Crippen molar-refractivity contribution in [2.45, 2.75) is 11.2 Å². The molecule has 1 saturated carbocycles. The maximum atomic E-state index is 12.9. The first-order valence-corrected chi connectivity index (χ1v) is 7.49. The van der Waals surface area contributed by atoms with Crippen LogP contribution in [0.2, 0.25) is 0 Å². The number of hydrogen-bond donors (Lipinski definition) is 2. The van der Waals surface area contributed by atoms with E-state index in [2.05, 4.69) is 0 Å². The Kier molecular flexibility index (Phi) is 3.14. The second kappa shape index (κ2) is 4.28. The van der Waals surface area contributed by atoms with Crippen LogP contribution in [0.15, 0.2) is 24.3 Å². The van der Waals surface area contributed by atoms with Gasteiger partial charge in [0.2, 0.25) is 0 Å². The zero-order chi connectivity index (χ0) is 14.4. The summed E-state index contributed by atoms with van der Waals surface area (Å²) in [6.45, 7) is -0.776. The van der Waals surface area contributed by atoms with Gasteiger partial charge in [-0.1, -0.05) is 12.1 Å². The molecular weight excluding hydrogens is 275 g/mol. The van der Waals surface area contributed by atoms with Crippen molar-refractivity contribution in [1.29, 1.82) is 0 Å². The zero-order valence-corrected chi connectivity index (χ0v) is 10.9. The van der Waals surface area contributed by atoms with Crippen LogP contribution in [0.5, 0.6) is 0 Å². The monoisotopic (exact) mass is 288 g/mol. The number of carboxylic acids is 1. The van der Waals surface area contributed by atoms with E-state index < -0.39 is 44.8 Å². The topological polar surface area (TPSA) is 91.7 Å². The minimum Gasteiger partial charge on any atom is -0.481 e. The van der Waals surface area contributed by atoms with Gasteiger partial charge in [-0.15, -0.1) is 0 Å². The molecule has 7 heteroatoms. The summed E-state index contributed by atoms with van der Waals surface area (Å²) in [6.07, 6.45) is 0.939. The third kappa shape index (κ3) is 2.02. The number of hydrogen-bond acceptors (Lipinski definition) is 4. The largest absolute Gasteiger partial charge is 0.481 e. The molecule has 0 spiro atoms. The molecule has 2 rings (SSSR count). The second-order valence-corrected chi connectivity index (χ2v) is 6.95. The van der Waals surface area contributed by atoms with Gasteiger partial charge in [0.25, 0.3) is 0 Å². The van der Waals surface area contributed by atoms with Crippen LogP contribution in [0.4, 0.5) is 4.39 Å². The van der Waals surface area contributed by atoms with Gasteiger partial charge in [0, 0.05) is 12.2 Å². The first-order valence-electron chi connectivity index (χ1n) is 5.53. The van der Waals surface area contributed by atoms with E-state index in [1.807, 2.05) is 0 Å². The van der Waals surface area contributed by atoms with Gasteiger partial charge in [0.05, 0.1) is 11.9 Å². The fourth-order valence-electron chi connectivity index (χ4n) is 2.69. The number of aliphatic hydroxyl groups is 1. The van der Waals surface area contributed by atoms with Crippen molar-refractivity contribution >= 4 is 15.8 Å². The Hall–Kier alpha value is -1.47. The van der Waals surface area contributed by atoms with E-state index in [0.29, 0.717) is 5.56 Å². The molecule has 0 aliphatic heterocycles. The average molecular weight is 288 g/mol. The molecule has 0 bridgehead atoms. The summed E-state index contributed by atoms with van der Waals surface area (Å²) in [4.78, 5) is 11.3. The highest BCUT2D eigenvalue weighted by Crippen LogP contribution is 2.62. The molecule has 0 aromatic heterocycles. The van der Waals surface area contributed by atoms with E-state index in [4.69, 9.17) is 0 Å². The Morgan fingerprint density at radius 2 is 1.89 bits per heavy atom. The summed E-state index contributed by atoms with van der Waals surface area (Å²) in [6, 6.07) is 4.96. The van der Waals surface area contributed by atoms with E-state index >= 15 is 0 Å². The minimum absolute atomic E-state index is 0.397. The van der Waals surface area contributed by atoms with Crippen LogP contribution in [-0.2, 0) is 14.6 Å². The molecule has 0 amide bonds. The molecule has 1 aromatic carbocycles. The molecule has 1 aliphatic carbocycles. The second-order valence-electron chi connectivity index (χ2n) is 4.78. The summed E-state index contributed by atoms with van der Waals surface area (Å²) < 4.78 is 36.2. The maximum absolute atomic E-state index is 12.9. The number of carbonyl (C=O) groups is 1. The molecule has 5 nitrogen and oxygen atoms in total. The molecule has 104 valence electrons. The van der Waals surface area contributed by atoms with Crippen molar-refractivity contribution in [1.82, 2.24) is 0 Å². The average Bonchev–Trinajstić information content (AvgIpc) is 3.00. The molecule has 0 heterocycles. The Labute approximate surface area is 109 Å². The highest BCUT2D eigenvalue weighted by atomic mass is 32.2. The number of halogens is 1. The lowest BCUT2D eigenvalue weighted by Gasteiger charge is -2.08. The van der Waals surface area contributed by atoms with E-state index in [-0.39, 0.29) is 0 Å². The van der Waals surface area contributed by atoms with Crippen LogP contribution in [-0.4, -0.2) is 42.7 Å². The molecule has 1 aliphatic rings. The van der Waals surface area contributed by atoms with E-state index in [1.165, 1.54) is 12.1 Å². The maximum Gasteiger partial charge on any atom is 0.314 e. The first-order chi connectivity index (χ1) is 8.75. The molecule has 3 atom stereocenters. The molecule has 1 aromatic rings. The predicted octanol–water partition coefficient (Wildman–Crippen LogP) is 0.399. The molecule has 0 radical (unpaired) electrons. The van der Waals surface area contributed by atoms with Gasteiger partial charge in [-0.2, -0.15) is 0 Å². The van der Waals surface area contributed by atoms with Crippen molar-refractivity contribution in [2.75, 3.05) is 12.9 Å². The molecular formula is C12H13FO5S. The van der Waals surface area contributed by atoms with Gasteiger partial charge in [0.15, 0.2) is 9.84 Å². The molecule has 1 fully saturated rings. The number of aliphatic carboxylic acids is 1. The normalized spacial score (nSPS) is 30.1. The molecule has 2 N–H and O–H groups in total. The van der Waals surface area contributed by atoms with E-state index in [0.717, 1.165) is 18.4 Å². The highest BCUT2D eigenvalue weighted by molar-refractivity contribution is 7.91. The third-order valence-electron chi connectivity index (χ3n) is 3.61. The van der Waals surface area contributed by atoms with Crippen molar-refractivity contribution in [2.24, 2.45) is 5.41 Å². The van der Waals surface area contributed by atoms with E-state index in [9.17, 15) is 27.8 Å². The van der Waals surface area contributed by atoms with Gasteiger partial charge in [-0.3, -0.25) is 4.79 Å². The van der Waals surface area contributed by atoms with Gasteiger partial charge in [-0.25, -0.2) is 12.8 Å². The van der Waals surface area contributed by atoms with Crippen LogP contribution < -0.4 is 0 Å². The van der Waals surface area contributed by atoms with Gasteiger partial charge < -0.3 is 10.2 Å². The Balaban J connectivity index is 2.50. The fraction of sp³-hybridized carbons (Fsp3) is 0.417. The van der Waals surface area contributed by atoms with Crippen LogP contribution in [0.1, 0.15) is 11.5 Å². The molecule has 0 unspecified atom stereocenters. The fourth-order valence-corrected chi connectivity index (χ4v) is 4.59. The van der Waals surface area contributed by atoms with Crippen LogP contribution in [0.25, 0.3) is 0 Å². The summed E-state index contributed by atoms with van der Waals surface area (Å²) in [5.41, 5.74) is -1.33. The number of aliphatic hydroxyl groups excluding tert-OH is 1. The molecule has 19 heavy (non-hydrogen) atoms. The number of carboxylic acid groups (broad SMARTS) is 1. The Morgan fingerprint density at radius 1 is 1.37 bits per heavy atom. The zero-order valence-electron chi connectivity index (χ0n) is 10.1. The van der Waals surface area contributed by atoms with Crippen molar-refractivity contribution < 1.29 is 27.8 Å². The van der Waals surface area contributed by atoms with Crippen molar-refractivity contribution in [3.63, 3.8) is 0 Å². The van der Waals surface area contributed by atoms with Crippen molar-refractivity contribution in [3.05, 3.63) is 35.6 Å². The molecule has 0 saturated heterocycles. The summed E-state index contributed by atoms with van der Waals surface area (Å²) >= 11 is 0. The Bertz CT molecular complexity index is 610. The van der Waals surface area contributed by atoms with Gasteiger partial charge in [0.1, 0.15) is 11.2 Å². The first kappa shape index (κ1) is 14.0. The van der Waals surface area contributed by atoms with E-state index in [1.54, 1.807) is 0 Å². The van der Waals surface area contributed by atoms with Crippen LogP contribution in [0, 0.1) is 11.2 Å². The quantitative estimate of drug-likeness (QED) is 0.836. The smallest absolute Gasteiger partial charge is 0.314 e. The minimum atomic E-state index is -3.64. The summed E-state index contributed by atoms with van der Waals surface area (Å²) in [7, 11) is -3.64. The Morgan fingerprint density at radius 3 is 2.21 bits per heavy atom. The number of benzene rings is 1. The number of sulfone groups is 1. The highest BCUT2D eigenvalue weighted by Gasteiger charge is 2.74. The van der Waals surface area contributed by atoms with Gasteiger partial charge >= 0.3 is 5.97 Å². The van der Waals surface area contributed by atoms with Gasteiger partial charge in [-0.05, 0) is 17.7 Å². The number of rotatable bonds is 4. The lowest BCUT2D eigenvalue weighted by molar-refractivity contribution is -0.145.